The van der Waals surface area contributed by atoms with Crippen molar-refractivity contribution in [3.63, 3.8) is 0 Å². The summed E-state index contributed by atoms with van der Waals surface area (Å²) in [5.74, 6) is 0.915. The first-order valence-corrected chi connectivity index (χ1v) is 5.73. The molecule has 0 aliphatic heterocycles. The van der Waals surface area contributed by atoms with Crippen LogP contribution in [0.5, 0.6) is 11.6 Å². The molecule has 2 rings (SSSR count). The van der Waals surface area contributed by atoms with Crippen molar-refractivity contribution in [3.8, 4) is 11.6 Å². The number of pyridine rings is 1. The highest BCUT2D eigenvalue weighted by molar-refractivity contribution is 6.34. The normalized spacial score (nSPS) is 10.3. The molecular formula is C12H10Cl2N2O. The van der Waals surface area contributed by atoms with Gasteiger partial charge in [0.15, 0.2) is 0 Å². The number of hydrogen-bond donors (Lipinski definition) is 1. The Kier molecular flexibility index (Phi) is 3.84. The lowest BCUT2D eigenvalue weighted by Gasteiger charge is -2.07. The van der Waals surface area contributed by atoms with Gasteiger partial charge < -0.3 is 10.5 Å². The molecule has 0 radical (unpaired) electrons. The smallest absolute Gasteiger partial charge is 0.219 e. The molecule has 0 aliphatic rings. The lowest BCUT2D eigenvalue weighted by Crippen LogP contribution is -2.00. The van der Waals surface area contributed by atoms with Gasteiger partial charge in [0.05, 0.1) is 10.7 Å². The van der Waals surface area contributed by atoms with Crippen molar-refractivity contribution < 1.29 is 4.74 Å². The molecule has 0 atom stereocenters. The minimum Gasteiger partial charge on any atom is -0.437 e. The first-order chi connectivity index (χ1) is 8.19. The summed E-state index contributed by atoms with van der Waals surface area (Å²) in [5, 5.41) is 1.04. The van der Waals surface area contributed by atoms with Crippen molar-refractivity contribution in [2.75, 3.05) is 0 Å². The summed E-state index contributed by atoms with van der Waals surface area (Å²) >= 11 is 11.8. The van der Waals surface area contributed by atoms with Crippen LogP contribution in [0.15, 0.2) is 36.4 Å². The van der Waals surface area contributed by atoms with Gasteiger partial charge in [0.1, 0.15) is 5.75 Å². The molecule has 2 aromatic rings. The molecule has 1 aromatic heterocycles. The Hall–Kier alpha value is -1.29. The van der Waals surface area contributed by atoms with Crippen molar-refractivity contribution in [2.24, 2.45) is 5.73 Å². The Morgan fingerprint density at radius 2 is 2.00 bits per heavy atom. The van der Waals surface area contributed by atoms with Crippen molar-refractivity contribution >= 4 is 23.2 Å². The Balaban J connectivity index is 2.27. The molecule has 1 aromatic carbocycles. The van der Waals surface area contributed by atoms with Crippen LogP contribution in [0.4, 0.5) is 0 Å². The maximum absolute atomic E-state index is 5.98. The molecule has 88 valence electrons. The van der Waals surface area contributed by atoms with Gasteiger partial charge in [-0.2, -0.15) is 0 Å². The second-order valence-corrected chi connectivity index (χ2v) is 4.19. The molecule has 0 amide bonds. The summed E-state index contributed by atoms with van der Waals surface area (Å²) < 4.78 is 5.55. The van der Waals surface area contributed by atoms with Gasteiger partial charge >= 0.3 is 0 Å². The van der Waals surface area contributed by atoms with Gasteiger partial charge in [0.2, 0.25) is 5.88 Å². The summed E-state index contributed by atoms with van der Waals surface area (Å²) in [5.41, 5.74) is 6.25. The molecule has 0 fully saturated rings. The van der Waals surface area contributed by atoms with E-state index in [2.05, 4.69) is 4.98 Å². The quantitative estimate of drug-likeness (QED) is 0.925. The van der Waals surface area contributed by atoms with Crippen LogP contribution in [-0.2, 0) is 6.54 Å². The topological polar surface area (TPSA) is 48.1 Å². The SMILES string of the molecule is NCc1cccc(Oc2cc(Cl)ccc2Cl)n1. The van der Waals surface area contributed by atoms with Gasteiger partial charge in [-0.15, -0.1) is 0 Å². The molecule has 0 saturated heterocycles. The van der Waals surface area contributed by atoms with Crippen molar-refractivity contribution in [3.05, 3.63) is 52.1 Å². The molecule has 0 unspecified atom stereocenters. The third-order valence-electron chi connectivity index (χ3n) is 2.10. The molecule has 0 spiro atoms. The van der Waals surface area contributed by atoms with Gasteiger partial charge in [0, 0.05) is 23.7 Å². The fourth-order valence-corrected chi connectivity index (χ4v) is 1.61. The number of hydrogen-bond acceptors (Lipinski definition) is 3. The molecule has 17 heavy (non-hydrogen) atoms. The lowest BCUT2D eigenvalue weighted by atomic mass is 10.3. The number of ether oxygens (including phenoxy) is 1. The van der Waals surface area contributed by atoms with Crippen molar-refractivity contribution in [1.82, 2.24) is 4.98 Å². The summed E-state index contributed by atoms with van der Waals surface area (Å²) in [6, 6.07) is 10.4. The minimum absolute atomic E-state index is 0.362. The molecule has 5 heteroatoms. The summed E-state index contributed by atoms with van der Waals surface area (Å²) in [6.45, 7) is 0.362. The summed E-state index contributed by atoms with van der Waals surface area (Å²) in [4.78, 5) is 4.21. The number of aromatic nitrogens is 1. The van der Waals surface area contributed by atoms with Crippen LogP contribution in [0.3, 0.4) is 0 Å². The fraction of sp³-hybridized carbons (Fsp3) is 0.0833. The van der Waals surface area contributed by atoms with Crippen LogP contribution >= 0.6 is 23.2 Å². The van der Waals surface area contributed by atoms with E-state index in [1.54, 1.807) is 24.3 Å². The zero-order valence-corrected chi connectivity index (χ0v) is 10.4. The predicted molar refractivity (Wildman–Crippen MR) is 68.7 cm³/mol. The van der Waals surface area contributed by atoms with Crippen molar-refractivity contribution in [1.29, 1.82) is 0 Å². The number of halogens is 2. The molecule has 2 N–H and O–H groups in total. The van der Waals surface area contributed by atoms with E-state index in [0.717, 1.165) is 5.69 Å². The first-order valence-electron chi connectivity index (χ1n) is 4.98. The maximum Gasteiger partial charge on any atom is 0.219 e. The average molecular weight is 269 g/mol. The largest absolute Gasteiger partial charge is 0.437 e. The van der Waals surface area contributed by atoms with Gasteiger partial charge in [-0.05, 0) is 18.2 Å². The number of benzene rings is 1. The highest BCUT2D eigenvalue weighted by atomic mass is 35.5. The van der Waals surface area contributed by atoms with Gasteiger partial charge in [-0.25, -0.2) is 4.98 Å². The summed E-state index contributed by atoms with van der Waals surface area (Å²) in [7, 11) is 0. The predicted octanol–water partition coefficient (Wildman–Crippen LogP) is 3.64. The van der Waals surface area contributed by atoms with Crippen LogP contribution in [0.25, 0.3) is 0 Å². The van der Waals surface area contributed by atoms with E-state index in [0.29, 0.717) is 28.2 Å². The van der Waals surface area contributed by atoms with Crippen molar-refractivity contribution in [2.45, 2.75) is 6.54 Å². The van der Waals surface area contributed by atoms with E-state index in [-0.39, 0.29) is 0 Å². The maximum atomic E-state index is 5.98. The van der Waals surface area contributed by atoms with E-state index in [9.17, 15) is 0 Å². The second-order valence-electron chi connectivity index (χ2n) is 3.35. The monoisotopic (exact) mass is 268 g/mol. The lowest BCUT2D eigenvalue weighted by molar-refractivity contribution is 0.461. The van der Waals surface area contributed by atoms with Crippen LogP contribution < -0.4 is 10.5 Å². The molecule has 0 aliphatic carbocycles. The van der Waals surface area contributed by atoms with Gasteiger partial charge in [-0.3, -0.25) is 0 Å². The van der Waals surface area contributed by atoms with Crippen LogP contribution in [0, 0.1) is 0 Å². The van der Waals surface area contributed by atoms with E-state index in [4.69, 9.17) is 33.7 Å². The third kappa shape index (κ3) is 3.09. The number of nitrogens with two attached hydrogens (primary N) is 1. The zero-order chi connectivity index (χ0) is 12.3. The van der Waals surface area contributed by atoms with Gasteiger partial charge in [-0.1, -0.05) is 29.3 Å². The van der Waals surface area contributed by atoms with Crippen LogP contribution in [-0.4, -0.2) is 4.98 Å². The third-order valence-corrected chi connectivity index (χ3v) is 2.65. The summed E-state index contributed by atoms with van der Waals surface area (Å²) in [6.07, 6.45) is 0. The first kappa shape index (κ1) is 12.2. The second kappa shape index (κ2) is 5.36. The molecule has 3 nitrogen and oxygen atoms in total. The van der Waals surface area contributed by atoms with Crippen LogP contribution in [0.2, 0.25) is 10.0 Å². The Labute approximate surface area is 109 Å². The van der Waals surface area contributed by atoms with Gasteiger partial charge in [0.25, 0.3) is 0 Å². The fourth-order valence-electron chi connectivity index (χ4n) is 1.30. The van der Waals surface area contributed by atoms with E-state index >= 15 is 0 Å². The van der Waals surface area contributed by atoms with E-state index in [1.165, 1.54) is 0 Å². The molecule has 0 bridgehead atoms. The Bertz CT molecular complexity index is 532. The van der Waals surface area contributed by atoms with E-state index < -0.39 is 0 Å². The number of nitrogens with zero attached hydrogens (tertiary/aromatic N) is 1. The minimum atomic E-state index is 0.362. The number of rotatable bonds is 3. The van der Waals surface area contributed by atoms with E-state index in [1.807, 2.05) is 12.1 Å². The Morgan fingerprint density at radius 1 is 1.18 bits per heavy atom. The highest BCUT2D eigenvalue weighted by Gasteiger charge is 2.05. The molecule has 0 saturated carbocycles. The van der Waals surface area contributed by atoms with Crippen LogP contribution in [0.1, 0.15) is 5.69 Å². The zero-order valence-electron chi connectivity index (χ0n) is 8.86. The molecule has 1 heterocycles. The average Bonchev–Trinajstić information content (AvgIpc) is 2.34. The molecular weight excluding hydrogens is 259 g/mol. The standard InChI is InChI=1S/C12H10Cl2N2O/c13-8-4-5-10(14)11(6-8)17-12-3-1-2-9(7-15)16-12/h1-6H,7,15H2. The Morgan fingerprint density at radius 3 is 2.76 bits per heavy atom. The highest BCUT2D eigenvalue weighted by Crippen LogP contribution is 2.31.